The van der Waals surface area contributed by atoms with Gasteiger partial charge in [-0.2, -0.15) is 0 Å². The molecule has 1 aromatic carbocycles. The van der Waals surface area contributed by atoms with Crippen molar-refractivity contribution in [1.82, 2.24) is 4.98 Å². The standard InChI is InChI=1S/C24H29NO6/c1-6-19(23(15(2)3)30-17-10-8-7-9-11-17)31-24(28)16(4)14-18(26)21-22(27)20(29-5)12-13-25-21/h6-13,15-16,19,23,27H,1,14H2,2-5H3/t16-,19-,23-/m1/s1. The van der Waals surface area contributed by atoms with Gasteiger partial charge in [0.25, 0.3) is 0 Å². The fraction of sp³-hybridized carbons (Fsp3) is 0.375. The number of ether oxygens (including phenoxy) is 3. The molecule has 2 aromatic rings. The number of esters is 1. The van der Waals surface area contributed by atoms with Gasteiger partial charge in [-0.1, -0.05) is 45.5 Å². The molecule has 0 spiro atoms. The molecule has 1 heterocycles. The average molecular weight is 427 g/mol. The normalized spacial score (nSPS) is 13.7. The third kappa shape index (κ3) is 6.31. The number of aromatic hydroxyl groups is 1. The zero-order chi connectivity index (χ0) is 23.0. The SMILES string of the molecule is C=C[C@@H](OC(=O)[C@H](C)CC(=O)c1nccc(OC)c1O)[C@H](Oc1ccccc1)C(C)C. The van der Waals surface area contributed by atoms with E-state index in [0.29, 0.717) is 5.75 Å². The van der Waals surface area contributed by atoms with Crippen LogP contribution in [-0.2, 0) is 9.53 Å². The van der Waals surface area contributed by atoms with Gasteiger partial charge in [0.15, 0.2) is 29.1 Å². The number of hydrogen-bond donors (Lipinski definition) is 1. The first-order chi connectivity index (χ1) is 14.8. The molecule has 0 unspecified atom stereocenters. The molecule has 0 aliphatic carbocycles. The maximum absolute atomic E-state index is 12.7. The minimum Gasteiger partial charge on any atom is -0.503 e. The van der Waals surface area contributed by atoms with E-state index in [1.54, 1.807) is 6.92 Å². The lowest BCUT2D eigenvalue weighted by atomic mass is 10.00. The van der Waals surface area contributed by atoms with Gasteiger partial charge in [0.2, 0.25) is 0 Å². The number of methoxy groups -OCH3 is 1. The third-order valence-electron chi connectivity index (χ3n) is 4.75. The van der Waals surface area contributed by atoms with E-state index in [9.17, 15) is 14.7 Å². The molecule has 0 fully saturated rings. The first-order valence-corrected chi connectivity index (χ1v) is 10.1. The first-order valence-electron chi connectivity index (χ1n) is 10.1. The highest BCUT2D eigenvalue weighted by atomic mass is 16.6. The second kappa shape index (κ2) is 11.2. The number of hydrogen-bond acceptors (Lipinski definition) is 7. The number of Topliss-reactive ketones (excluding diaryl/α,β-unsaturated/α-hetero) is 1. The molecule has 7 nitrogen and oxygen atoms in total. The van der Waals surface area contributed by atoms with Crippen LogP contribution in [0.5, 0.6) is 17.2 Å². The predicted octanol–water partition coefficient (Wildman–Crippen LogP) is 4.21. The van der Waals surface area contributed by atoms with Gasteiger partial charge in [0.05, 0.1) is 13.0 Å². The zero-order valence-electron chi connectivity index (χ0n) is 18.3. The fourth-order valence-corrected chi connectivity index (χ4v) is 3.00. The lowest BCUT2D eigenvalue weighted by Gasteiger charge is -2.29. The zero-order valence-corrected chi connectivity index (χ0v) is 18.3. The van der Waals surface area contributed by atoms with Crippen LogP contribution in [0.25, 0.3) is 0 Å². The fourth-order valence-electron chi connectivity index (χ4n) is 3.00. The molecule has 7 heteroatoms. The summed E-state index contributed by atoms with van der Waals surface area (Å²) in [5, 5.41) is 10.1. The monoisotopic (exact) mass is 427 g/mol. The van der Waals surface area contributed by atoms with Crippen molar-refractivity contribution in [3.63, 3.8) is 0 Å². The second-order valence-electron chi connectivity index (χ2n) is 7.52. The molecule has 0 aliphatic rings. The van der Waals surface area contributed by atoms with Crippen LogP contribution in [0.2, 0.25) is 0 Å². The van der Waals surface area contributed by atoms with Gasteiger partial charge in [-0.3, -0.25) is 9.59 Å². The van der Waals surface area contributed by atoms with Crippen molar-refractivity contribution in [3.05, 3.63) is 60.9 Å². The van der Waals surface area contributed by atoms with E-state index in [-0.39, 0.29) is 29.5 Å². The molecule has 1 aromatic heterocycles. The molecule has 0 aliphatic heterocycles. The molecule has 0 saturated heterocycles. The molecular weight excluding hydrogens is 398 g/mol. The smallest absolute Gasteiger partial charge is 0.309 e. The molecule has 31 heavy (non-hydrogen) atoms. The molecule has 166 valence electrons. The van der Waals surface area contributed by atoms with Gasteiger partial charge in [-0.15, -0.1) is 0 Å². The summed E-state index contributed by atoms with van der Waals surface area (Å²) in [6, 6.07) is 10.7. The molecule has 0 radical (unpaired) electrons. The summed E-state index contributed by atoms with van der Waals surface area (Å²) in [6.45, 7) is 9.28. The van der Waals surface area contributed by atoms with E-state index in [2.05, 4.69) is 11.6 Å². The minimum atomic E-state index is -0.758. The first kappa shape index (κ1) is 23.9. The Bertz CT molecular complexity index is 896. The van der Waals surface area contributed by atoms with Crippen LogP contribution in [0.1, 0.15) is 37.7 Å². The van der Waals surface area contributed by atoms with Gasteiger partial charge in [-0.25, -0.2) is 4.98 Å². The maximum atomic E-state index is 12.7. The van der Waals surface area contributed by atoms with Gasteiger partial charge < -0.3 is 19.3 Å². The highest BCUT2D eigenvalue weighted by molar-refractivity contribution is 5.99. The van der Waals surface area contributed by atoms with Crippen LogP contribution >= 0.6 is 0 Å². The van der Waals surface area contributed by atoms with Crippen molar-refractivity contribution >= 4 is 11.8 Å². The summed E-state index contributed by atoms with van der Waals surface area (Å²) in [6.07, 6.45) is 1.55. The van der Waals surface area contributed by atoms with Crippen LogP contribution in [0.3, 0.4) is 0 Å². The Morgan fingerprint density at radius 3 is 2.42 bits per heavy atom. The van der Waals surface area contributed by atoms with Crippen molar-refractivity contribution in [2.75, 3.05) is 7.11 Å². The number of para-hydroxylation sites is 1. The highest BCUT2D eigenvalue weighted by Gasteiger charge is 2.30. The molecular formula is C24H29NO6. The molecule has 3 atom stereocenters. The van der Waals surface area contributed by atoms with Crippen LogP contribution in [0, 0.1) is 11.8 Å². The van der Waals surface area contributed by atoms with Crippen LogP contribution in [0.4, 0.5) is 0 Å². The van der Waals surface area contributed by atoms with E-state index in [1.807, 2.05) is 44.2 Å². The lowest BCUT2D eigenvalue weighted by molar-refractivity contribution is -0.156. The summed E-state index contributed by atoms with van der Waals surface area (Å²) in [5.41, 5.74) is -0.147. The summed E-state index contributed by atoms with van der Waals surface area (Å²) in [4.78, 5) is 29.1. The van der Waals surface area contributed by atoms with E-state index >= 15 is 0 Å². The second-order valence-corrected chi connectivity index (χ2v) is 7.52. The number of nitrogens with zero attached hydrogens (tertiary/aromatic N) is 1. The molecule has 2 rings (SSSR count). The summed E-state index contributed by atoms with van der Waals surface area (Å²) >= 11 is 0. The lowest BCUT2D eigenvalue weighted by Crippen LogP contribution is -2.39. The summed E-state index contributed by atoms with van der Waals surface area (Å²) in [7, 11) is 1.38. The van der Waals surface area contributed by atoms with Gasteiger partial charge in [0, 0.05) is 18.7 Å². The van der Waals surface area contributed by atoms with Crippen molar-refractivity contribution in [3.8, 4) is 17.2 Å². The van der Waals surface area contributed by atoms with Crippen molar-refractivity contribution in [1.29, 1.82) is 0 Å². The largest absolute Gasteiger partial charge is 0.503 e. The van der Waals surface area contributed by atoms with Crippen LogP contribution in [0.15, 0.2) is 55.3 Å². The summed E-state index contributed by atoms with van der Waals surface area (Å²) < 4.78 is 16.7. The number of carbonyl (C=O) groups is 2. The van der Waals surface area contributed by atoms with E-state index in [0.717, 1.165) is 0 Å². The predicted molar refractivity (Wildman–Crippen MR) is 116 cm³/mol. The van der Waals surface area contributed by atoms with E-state index in [4.69, 9.17) is 14.2 Å². The Hall–Kier alpha value is -3.35. The number of rotatable bonds is 11. The Kier molecular flexibility index (Phi) is 8.61. The minimum absolute atomic E-state index is 0.0332. The van der Waals surface area contributed by atoms with Gasteiger partial charge in [-0.05, 0) is 24.1 Å². The Morgan fingerprint density at radius 1 is 1.16 bits per heavy atom. The number of carbonyl (C=O) groups excluding carboxylic acids is 2. The van der Waals surface area contributed by atoms with Crippen LogP contribution in [-0.4, -0.2) is 41.2 Å². The maximum Gasteiger partial charge on any atom is 0.309 e. The van der Waals surface area contributed by atoms with Crippen LogP contribution < -0.4 is 9.47 Å². The van der Waals surface area contributed by atoms with E-state index < -0.39 is 29.9 Å². The quantitative estimate of drug-likeness (QED) is 0.326. The molecule has 1 N–H and O–H groups in total. The third-order valence-corrected chi connectivity index (χ3v) is 4.75. The molecule has 0 amide bonds. The molecule has 0 saturated carbocycles. The van der Waals surface area contributed by atoms with Gasteiger partial charge in [0.1, 0.15) is 11.9 Å². The Morgan fingerprint density at radius 2 is 1.84 bits per heavy atom. The van der Waals surface area contributed by atoms with Crippen molar-refractivity contribution in [2.45, 2.75) is 39.4 Å². The summed E-state index contributed by atoms with van der Waals surface area (Å²) in [5.74, 6) is -1.33. The van der Waals surface area contributed by atoms with Crippen molar-refractivity contribution < 1.29 is 28.9 Å². The highest BCUT2D eigenvalue weighted by Crippen LogP contribution is 2.29. The Labute approximate surface area is 182 Å². The number of benzene rings is 1. The number of aromatic nitrogens is 1. The van der Waals surface area contributed by atoms with Crippen molar-refractivity contribution in [2.24, 2.45) is 11.8 Å². The Balaban J connectivity index is 2.06. The van der Waals surface area contributed by atoms with E-state index in [1.165, 1.54) is 25.4 Å². The topological polar surface area (TPSA) is 95.0 Å². The molecule has 0 bridgehead atoms. The number of ketones is 1. The number of pyridine rings is 1. The van der Waals surface area contributed by atoms with Gasteiger partial charge >= 0.3 is 5.97 Å². The average Bonchev–Trinajstić information content (AvgIpc) is 2.76.